The molecule has 4 heterocycles. The van der Waals surface area contributed by atoms with Crippen molar-refractivity contribution in [2.45, 2.75) is 33.1 Å². The van der Waals surface area contributed by atoms with Crippen LogP contribution in [0.25, 0.3) is 0 Å². The summed E-state index contributed by atoms with van der Waals surface area (Å²) < 4.78 is 2.09. The number of fused-ring (bicyclic) bond motifs is 1. The zero-order valence-electron chi connectivity index (χ0n) is 13.6. The minimum atomic E-state index is 0.624. The number of H-pyrrole nitrogens is 1. The largest absolute Gasteiger partial charge is 0.348 e. The van der Waals surface area contributed by atoms with Crippen LogP contribution in [-0.4, -0.2) is 41.4 Å². The highest BCUT2D eigenvalue weighted by molar-refractivity contribution is 5.24. The van der Waals surface area contributed by atoms with E-state index in [1.807, 2.05) is 6.92 Å². The van der Waals surface area contributed by atoms with Crippen molar-refractivity contribution in [1.29, 1.82) is 0 Å². The van der Waals surface area contributed by atoms with Gasteiger partial charge in [0.05, 0.1) is 30.2 Å². The summed E-state index contributed by atoms with van der Waals surface area (Å²) in [5, 5.41) is 15.2. The predicted molar refractivity (Wildman–Crippen MR) is 89.0 cm³/mol. The van der Waals surface area contributed by atoms with Gasteiger partial charge in [-0.15, -0.1) is 0 Å². The smallest absolute Gasteiger partial charge is 0.222 e. The highest BCUT2D eigenvalue weighted by atomic mass is 15.3. The molecule has 0 aliphatic carbocycles. The maximum absolute atomic E-state index is 4.66. The van der Waals surface area contributed by atoms with Crippen molar-refractivity contribution in [3.63, 3.8) is 0 Å². The number of nitrogens with one attached hydrogen (secondary N) is 2. The lowest BCUT2D eigenvalue weighted by Gasteiger charge is -2.26. The molecule has 0 atom stereocenters. The Kier molecular flexibility index (Phi) is 3.96. The zero-order chi connectivity index (χ0) is 16.4. The van der Waals surface area contributed by atoms with E-state index >= 15 is 0 Å². The van der Waals surface area contributed by atoms with Crippen molar-refractivity contribution in [2.75, 3.05) is 11.9 Å². The summed E-state index contributed by atoms with van der Waals surface area (Å²) >= 11 is 0. The first-order valence-corrected chi connectivity index (χ1v) is 8.06. The molecule has 0 unspecified atom stereocenters. The van der Waals surface area contributed by atoms with Crippen LogP contribution in [0.3, 0.4) is 0 Å². The average Bonchev–Trinajstić information content (AvgIpc) is 3.19. The summed E-state index contributed by atoms with van der Waals surface area (Å²) in [6, 6.07) is 6.05. The number of hydrogen-bond donors (Lipinski definition) is 2. The average molecular weight is 324 g/mol. The van der Waals surface area contributed by atoms with Crippen LogP contribution < -0.4 is 5.32 Å². The summed E-state index contributed by atoms with van der Waals surface area (Å²) in [7, 11) is 0. The predicted octanol–water partition coefficient (Wildman–Crippen LogP) is 1.33. The summed E-state index contributed by atoms with van der Waals surface area (Å²) in [6.45, 7) is 6.29. The lowest BCUT2D eigenvalue weighted by Crippen LogP contribution is -2.33. The molecule has 3 aromatic rings. The van der Waals surface area contributed by atoms with Crippen molar-refractivity contribution in [2.24, 2.45) is 0 Å². The van der Waals surface area contributed by atoms with E-state index in [4.69, 9.17) is 0 Å². The molecule has 3 aromatic heterocycles. The molecule has 24 heavy (non-hydrogen) atoms. The second kappa shape index (κ2) is 6.40. The van der Waals surface area contributed by atoms with Gasteiger partial charge < -0.3 is 5.32 Å². The van der Waals surface area contributed by atoms with Gasteiger partial charge >= 0.3 is 0 Å². The van der Waals surface area contributed by atoms with Crippen LogP contribution >= 0.6 is 0 Å². The molecule has 8 heteroatoms. The van der Waals surface area contributed by atoms with E-state index in [9.17, 15) is 0 Å². The Morgan fingerprint density at radius 2 is 2.04 bits per heavy atom. The molecule has 124 valence electrons. The Hall–Kier alpha value is -2.74. The first-order valence-electron chi connectivity index (χ1n) is 8.06. The van der Waals surface area contributed by atoms with Crippen molar-refractivity contribution in [3.05, 3.63) is 53.4 Å². The lowest BCUT2D eigenvalue weighted by atomic mass is 10.2. The Morgan fingerprint density at radius 3 is 2.83 bits per heavy atom. The molecule has 1 aliphatic rings. The quantitative estimate of drug-likeness (QED) is 0.736. The maximum atomic E-state index is 4.66. The van der Waals surface area contributed by atoms with Crippen LogP contribution in [0.1, 0.15) is 22.8 Å². The van der Waals surface area contributed by atoms with Crippen molar-refractivity contribution in [1.82, 2.24) is 34.8 Å². The molecular formula is C16H20N8. The summed E-state index contributed by atoms with van der Waals surface area (Å²) in [4.78, 5) is 10.7. The van der Waals surface area contributed by atoms with Gasteiger partial charge in [0.15, 0.2) is 0 Å². The molecule has 0 spiro atoms. The number of aromatic amines is 1. The van der Waals surface area contributed by atoms with Crippen LogP contribution in [-0.2, 0) is 26.2 Å². The SMILES string of the molecule is Cc1cc(CN2CCn3nc(CNc4ncccn4)cc3C2)n[nH]1. The van der Waals surface area contributed by atoms with Crippen LogP contribution in [0.5, 0.6) is 0 Å². The second-order valence-electron chi connectivity index (χ2n) is 6.03. The molecule has 0 bridgehead atoms. The van der Waals surface area contributed by atoms with Crippen molar-refractivity contribution >= 4 is 5.95 Å². The third-order valence-electron chi connectivity index (χ3n) is 4.07. The van der Waals surface area contributed by atoms with E-state index in [1.165, 1.54) is 5.69 Å². The number of rotatable bonds is 5. The Labute approximate surface area is 139 Å². The van der Waals surface area contributed by atoms with Gasteiger partial charge in [-0.05, 0) is 25.1 Å². The number of anilines is 1. The van der Waals surface area contributed by atoms with E-state index in [0.717, 1.165) is 43.3 Å². The maximum Gasteiger partial charge on any atom is 0.222 e. The van der Waals surface area contributed by atoms with Gasteiger partial charge in [0.2, 0.25) is 5.95 Å². The molecule has 8 nitrogen and oxygen atoms in total. The first kappa shape index (κ1) is 14.8. The number of nitrogens with zero attached hydrogens (tertiary/aromatic N) is 6. The lowest BCUT2D eigenvalue weighted by molar-refractivity contribution is 0.203. The Bertz CT molecular complexity index is 807. The van der Waals surface area contributed by atoms with E-state index in [-0.39, 0.29) is 0 Å². The second-order valence-corrected chi connectivity index (χ2v) is 6.03. The van der Waals surface area contributed by atoms with E-state index < -0.39 is 0 Å². The van der Waals surface area contributed by atoms with Gasteiger partial charge in [0, 0.05) is 37.7 Å². The van der Waals surface area contributed by atoms with Gasteiger partial charge in [0.25, 0.3) is 0 Å². The number of hydrogen-bond acceptors (Lipinski definition) is 6. The highest BCUT2D eigenvalue weighted by Crippen LogP contribution is 2.16. The topological polar surface area (TPSA) is 87.6 Å². The fraction of sp³-hybridized carbons (Fsp3) is 0.375. The van der Waals surface area contributed by atoms with Crippen LogP contribution in [0.4, 0.5) is 5.95 Å². The molecule has 0 amide bonds. The van der Waals surface area contributed by atoms with Crippen LogP contribution in [0.2, 0.25) is 0 Å². The molecule has 0 aromatic carbocycles. The van der Waals surface area contributed by atoms with Crippen molar-refractivity contribution < 1.29 is 0 Å². The van der Waals surface area contributed by atoms with Gasteiger partial charge in [-0.25, -0.2) is 9.97 Å². The zero-order valence-corrected chi connectivity index (χ0v) is 13.6. The number of aryl methyl sites for hydroxylation is 1. The van der Waals surface area contributed by atoms with Gasteiger partial charge in [-0.1, -0.05) is 0 Å². The fourth-order valence-corrected chi connectivity index (χ4v) is 2.95. The third kappa shape index (κ3) is 3.28. The van der Waals surface area contributed by atoms with E-state index in [2.05, 4.69) is 52.3 Å². The van der Waals surface area contributed by atoms with Gasteiger partial charge in [0.1, 0.15) is 0 Å². The number of aromatic nitrogens is 6. The van der Waals surface area contributed by atoms with E-state index in [1.54, 1.807) is 18.5 Å². The summed E-state index contributed by atoms with van der Waals surface area (Å²) in [5.74, 6) is 0.624. The van der Waals surface area contributed by atoms with Crippen molar-refractivity contribution in [3.8, 4) is 0 Å². The third-order valence-corrected chi connectivity index (χ3v) is 4.07. The van der Waals surface area contributed by atoms with Gasteiger partial charge in [-0.3, -0.25) is 14.7 Å². The fourth-order valence-electron chi connectivity index (χ4n) is 2.95. The Balaban J connectivity index is 1.38. The molecule has 0 saturated heterocycles. The Morgan fingerprint density at radius 1 is 1.17 bits per heavy atom. The molecule has 4 rings (SSSR count). The molecule has 0 saturated carbocycles. The highest BCUT2D eigenvalue weighted by Gasteiger charge is 2.19. The van der Waals surface area contributed by atoms with Crippen LogP contribution in [0, 0.1) is 6.92 Å². The van der Waals surface area contributed by atoms with Gasteiger partial charge in [-0.2, -0.15) is 10.2 Å². The standard InChI is InChI=1S/C16H20N8/c1-12-7-14(21-20-12)10-23-5-6-24-15(11-23)8-13(22-24)9-19-16-17-3-2-4-18-16/h2-4,7-8H,5-6,9-11H2,1H3,(H,20,21)(H,17,18,19). The molecule has 2 N–H and O–H groups in total. The first-order chi connectivity index (χ1) is 11.8. The monoisotopic (exact) mass is 324 g/mol. The van der Waals surface area contributed by atoms with Crippen LogP contribution in [0.15, 0.2) is 30.6 Å². The minimum Gasteiger partial charge on any atom is -0.348 e. The molecule has 1 aliphatic heterocycles. The molecular weight excluding hydrogens is 304 g/mol. The summed E-state index contributed by atoms with van der Waals surface area (Å²) in [6.07, 6.45) is 3.45. The molecule has 0 fully saturated rings. The summed E-state index contributed by atoms with van der Waals surface area (Å²) in [5.41, 5.74) is 4.43. The molecule has 0 radical (unpaired) electrons. The minimum absolute atomic E-state index is 0.624. The normalized spacial score (nSPS) is 14.5. The van der Waals surface area contributed by atoms with E-state index in [0.29, 0.717) is 12.5 Å².